The number of piperidine rings is 1. The molecule has 0 spiro atoms. The number of nitrogens with one attached hydrogen (secondary N) is 2. The van der Waals surface area contributed by atoms with Crippen LogP contribution in [0.3, 0.4) is 0 Å². The van der Waals surface area contributed by atoms with Gasteiger partial charge in [-0.3, -0.25) is 9.89 Å². The lowest BCUT2D eigenvalue weighted by Crippen LogP contribution is -2.42. The molecule has 0 bridgehead atoms. The van der Waals surface area contributed by atoms with Gasteiger partial charge in [0.2, 0.25) is 0 Å². The number of anilines is 1. The molecule has 0 atom stereocenters. The molecular formula is C16H18N4O3. The predicted molar refractivity (Wildman–Crippen MR) is 85.0 cm³/mol. The van der Waals surface area contributed by atoms with E-state index in [1.165, 1.54) is 0 Å². The van der Waals surface area contributed by atoms with Gasteiger partial charge in [0, 0.05) is 25.0 Å². The first-order valence-electron chi connectivity index (χ1n) is 7.52. The van der Waals surface area contributed by atoms with Gasteiger partial charge in [-0.25, -0.2) is 4.79 Å². The summed E-state index contributed by atoms with van der Waals surface area (Å²) in [7, 11) is 0. The van der Waals surface area contributed by atoms with E-state index in [0.717, 1.165) is 11.3 Å². The molecule has 3 rings (SSSR count). The van der Waals surface area contributed by atoms with Gasteiger partial charge in [0.05, 0.1) is 11.6 Å². The highest BCUT2D eigenvalue weighted by Gasteiger charge is 2.26. The number of carbonyl (C=O) groups excluding carboxylic acids is 1. The average Bonchev–Trinajstić information content (AvgIpc) is 3.10. The Kier molecular flexibility index (Phi) is 4.27. The zero-order valence-corrected chi connectivity index (χ0v) is 12.5. The zero-order chi connectivity index (χ0) is 16.2. The molecule has 2 aromatic rings. The van der Waals surface area contributed by atoms with Gasteiger partial charge < -0.3 is 15.3 Å². The van der Waals surface area contributed by atoms with E-state index < -0.39 is 5.97 Å². The highest BCUT2D eigenvalue weighted by atomic mass is 16.4. The van der Waals surface area contributed by atoms with Crippen molar-refractivity contribution < 1.29 is 14.7 Å². The molecule has 0 radical (unpaired) electrons. The Hall–Kier alpha value is -2.83. The van der Waals surface area contributed by atoms with Crippen LogP contribution in [0.25, 0.3) is 11.3 Å². The number of hydrogen-bond donors (Lipinski definition) is 3. The minimum absolute atomic E-state index is 0.192. The van der Waals surface area contributed by atoms with Crippen molar-refractivity contribution in [3.05, 3.63) is 36.5 Å². The number of urea groups is 1. The van der Waals surface area contributed by atoms with Crippen LogP contribution in [0.5, 0.6) is 0 Å². The Morgan fingerprint density at radius 2 is 1.87 bits per heavy atom. The number of aromatic nitrogens is 2. The van der Waals surface area contributed by atoms with Gasteiger partial charge in [-0.15, -0.1) is 0 Å². The van der Waals surface area contributed by atoms with Gasteiger partial charge in [-0.2, -0.15) is 5.10 Å². The number of aromatic amines is 1. The first-order chi connectivity index (χ1) is 11.1. The van der Waals surface area contributed by atoms with Crippen molar-refractivity contribution in [3.63, 3.8) is 0 Å². The van der Waals surface area contributed by atoms with Crippen LogP contribution < -0.4 is 5.32 Å². The van der Waals surface area contributed by atoms with Crippen molar-refractivity contribution in [2.45, 2.75) is 12.8 Å². The number of carbonyl (C=O) groups is 2. The normalized spacial score (nSPS) is 15.4. The lowest BCUT2D eigenvalue weighted by molar-refractivity contribution is -0.143. The third-order valence-electron chi connectivity index (χ3n) is 4.08. The first-order valence-corrected chi connectivity index (χ1v) is 7.52. The number of amides is 2. The zero-order valence-electron chi connectivity index (χ0n) is 12.5. The average molecular weight is 314 g/mol. The summed E-state index contributed by atoms with van der Waals surface area (Å²) in [4.78, 5) is 24.8. The number of benzene rings is 1. The number of carboxylic acid groups (broad SMARTS) is 1. The van der Waals surface area contributed by atoms with E-state index >= 15 is 0 Å². The van der Waals surface area contributed by atoms with Gasteiger partial charge in [0.1, 0.15) is 0 Å². The fourth-order valence-corrected chi connectivity index (χ4v) is 2.68. The Balaban J connectivity index is 1.57. The monoisotopic (exact) mass is 314 g/mol. The first kappa shape index (κ1) is 15.1. The lowest BCUT2D eigenvalue weighted by Gasteiger charge is -2.30. The van der Waals surface area contributed by atoms with Crippen LogP contribution in [-0.2, 0) is 4.79 Å². The highest BCUT2D eigenvalue weighted by molar-refractivity contribution is 5.89. The molecule has 7 heteroatoms. The summed E-state index contributed by atoms with van der Waals surface area (Å²) in [5, 5.41) is 18.6. The van der Waals surface area contributed by atoms with Crippen molar-refractivity contribution in [3.8, 4) is 11.3 Å². The largest absolute Gasteiger partial charge is 0.481 e. The molecule has 23 heavy (non-hydrogen) atoms. The van der Waals surface area contributed by atoms with Crippen LogP contribution in [0.15, 0.2) is 36.5 Å². The van der Waals surface area contributed by atoms with Crippen molar-refractivity contribution >= 4 is 17.7 Å². The molecule has 7 nitrogen and oxygen atoms in total. The van der Waals surface area contributed by atoms with Crippen molar-refractivity contribution in [2.24, 2.45) is 5.92 Å². The maximum atomic E-state index is 12.2. The Morgan fingerprint density at radius 3 is 2.43 bits per heavy atom. The van der Waals surface area contributed by atoms with Crippen LogP contribution in [0.2, 0.25) is 0 Å². The highest BCUT2D eigenvalue weighted by Crippen LogP contribution is 2.21. The van der Waals surface area contributed by atoms with Crippen molar-refractivity contribution in [1.29, 1.82) is 0 Å². The molecule has 0 aliphatic carbocycles. The predicted octanol–water partition coefficient (Wildman–Crippen LogP) is 2.41. The summed E-state index contributed by atoms with van der Waals surface area (Å²) < 4.78 is 0. The smallest absolute Gasteiger partial charge is 0.321 e. The second-order valence-electron chi connectivity index (χ2n) is 5.58. The molecule has 1 aromatic carbocycles. The topological polar surface area (TPSA) is 98.3 Å². The van der Waals surface area contributed by atoms with Crippen molar-refractivity contribution in [1.82, 2.24) is 15.1 Å². The molecular weight excluding hydrogens is 296 g/mol. The standard InChI is InChI=1S/C16H18N4O3/c21-15(22)12-6-9-20(10-7-12)16(23)18-13-3-1-11(2-4-13)14-5-8-17-19-14/h1-5,8,12H,6-7,9-10H2,(H,17,19)(H,18,23)(H,21,22). The third kappa shape index (κ3) is 3.50. The fraction of sp³-hybridized carbons (Fsp3) is 0.312. The molecule has 3 N–H and O–H groups in total. The Bertz CT molecular complexity index is 674. The fourth-order valence-electron chi connectivity index (χ4n) is 2.68. The van der Waals surface area contributed by atoms with Gasteiger partial charge in [0.15, 0.2) is 0 Å². The van der Waals surface area contributed by atoms with Gasteiger partial charge in [-0.1, -0.05) is 12.1 Å². The minimum Gasteiger partial charge on any atom is -0.481 e. The number of aliphatic carboxylic acids is 1. The number of nitrogens with zero attached hydrogens (tertiary/aromatic N) is 2. The maximum Gasteiger partial charge on any atom is 0.321 e. The summed E-state index contributed by atoms with van der Waals surface area (Å²) >= 11 is 0. The van der Waals surface area contributed by atoms with E-state index in [4.69, 9.17) is 5.11 Å². The minimum atomic E-state index is -0.778. The number of rotatable bonds is 3. The molecule has 2 heterocycles. The molecule has 2 amide bonds. The lowest BCUT2D eigenvalue weighted by atomic mass is 9.97. The summed E-state index contributed by atoms with van der Waals surface area (Å²) in [5.41, 5.74) is 2.61. The van der Waals surface area contributed by atoms with Crippen LogP contribution >= 0.6 is 0 Å². The molecule has 120 valence electrons. The Morgan fingerprint density at radius 1 is 1.17 bits per heavy atom. The second-order valence-corrected chi connectivity index (χ2v) is 5.58. The Labute approximate surface area is 133 Å². The molecule has 1 aliphatic heterocycles. The molecule has 1 aromatic heterocycles. The van der Waals surface area contributed by atoms with Gasteiger partial charge in [-0.05, 0) is 36.6 Å². The van der Waals surface area contributed by atoms with E-state index in [-0.39, 0.29) is 11.9 Å². The number of H-pyrrole nitrogens is 1. The van der Waals surface area contributed by atoms with Crippen LogP contribution in [0, 0.1) is 5.92 Å². The third-order valence-corrected chi connectivity index (χ3v) is 4.08. The quantitative estimate of drug-likeness (QED) is 0.810. The van der Waals surface area contributed by atoms with E-state index in [1.807, 2.05) is 30.3 Å². The summed E-state index contributed by atoms with van der Waals surface area (Å²) in [6, 6.07) is 9.15. The summed E-state index contributed by atoms with van der Waals surface area (Å²) in [5.74, 6) is -1.12. The number of carboxylic acids is 1. The van der Waals surface area contributed by atoms with Crippen LogP contribution in [-0.4, -0.2) is 45.3 Å². The molecule has 1 aliphatic rings. The van der Waals surface area contributed by atoms with Gasteiger partial charge >= 0.3 is 12.0 Å². The van der Waals surface area contributed by atoms with Crippen LogP contribution in [0.4, 0.5) is 10.5 Å². The molecule has 0 unspecified atom stereocenters. The summed E-state index contributed by atoms with van der Waals surface area (Å²) in [6.07, 6.45) is 2.69. The van der Waals surface area contributed by atoms with E-state index in [0.29, 0.717) is 31.6 Å². The van der Waals surface area contributed by atoms with E-state index in [1.54, 1.807) is 11.1 Å². The maximum absolute atomic E-state index is 12.2. The van der Waals surface area contributed by atoms with Crippen molar-refractivity contribution in [2.75, 3.05) is 18.4 Å². The summed E-state index contributed by atoms with van der Waals surface area (Å²) in [6.45, 7) is 0.935. The number of hydrogen-bond acceptors (Lipinski definition) is 3. The molecule has 1 saturated heterocycles. The van der Waals surface area contributed by atoms with E-state index in [9.17, 15) is 9.59 Å². The SMILES string of the molecule is O=C(O)C1CCN(C(=O)Nc2ccc(-c3ccn[nH]3)cc2)CC1. The van der Waals surface area contributed by atoms with Crippen LogP contribution in [0.1, 0.15) is 12.8 Å². The van der Waals surface area contributed by atoms with Gasteiger partial charge in [0.25, 0.3) is 0 Å². The van der Waals surface area contributed by atoms with E-state index in [2.05, 4.69) is 15.5 Å². The molecule has 0 saturated carbocycles. The molecule has 1 fully saturated rings. The number of likely N-dealkylation sites (tertiary alicyclic amines) is 1. The second kappa shape index (κ2) is 6.51.